The third kappa shape index (κ3) is 3.33. The molecule has 26 heavy (non-hydrogen) atoms. The van der Waals surface area contributed by atoms with Gasteiger partial charge in [-0.25, -0.2) is 13.5 Å². The van der Waals surface area contributed by atoms with Gasteiger partial charge in [0.25, 0.3) is 5.91 Å². The highest BCUT2D eigenvalue weighted by Gasteiger charge is 2.32. The zero-order chi connectivity index (χ0) is 18.1. The van der Waals surface area contributed by atoms with Gasteiger partial charge in [-0.2, -0.15) is 0 Å². The van der Waals surface area contributed by atoms with Crippen LogP contribution in [0.1, 0.15) is 35.3 Å². The lowest BCUT2D eigenvalue weighted by Crippen LogP contribution is -2.56. The Balaban J connectivity index is 1.45. The van der Waals surface area contributed by atoms with Crippen molar-refractivity contribution in [1.29, 1.82) is 0 Å². The predicted octanol–water partition coefficient (Wildman–Crippen LogP) is 1.91. The summed E-state index contributed by atoms with van der Waals surface area (Å²) in [5, 5.41) is 7.78. The van der Waals surface area contributed by atoms with Crippen molar-refractivity contribution in [2.24, 2.45) is 0 Å². The Labute approximate surface area is 150 Å². The second kappa shape index (κ2) is 7.11. The molecule has 8 heteroatoms. The first-order chi connectivity index (χ1) is 12.6. The summed E-state index contributed by atoms with van der Waals surface area (Å²) < 4.78 is 28.8. The van der Waals surface area contributed by atoms with Gasteiger partial charge in [-0.05, 0) is 31.5 Å². The maximum atomic E-state index is 13.8. The largest absolute Gasteiger partial charge is 0.334 e. The van der Waals surface area contributed by atoms with Crippen LogP contribution in [0, 0.1) is 11.6 Å². The summed E-state index contributed by atoms with van der Waals surface area (Å²) in [7, 11) is 0. The monoisotopic (exact) mass is 361 g/mol. The summed E-state index contributed by atoms with van der Waals surface area (Å²) in [5.41, 5.74) is 0.123. The first-order valence-corrected chi connectivity index (χ1v) is 8.98. The number of hydrogen-bond donors (Lipinski definition) is 0. The second-order valence-electron chi connectivity index (χ2n) is 6.94. The number of rotatable bonds is 3. The van der Waals surface area contributed by atoms with Crippen molar-refractivity contribution in [3.05, 3.63) is 47.3 Å². The fraction of sp³-hybridized carbons (Fsp3) is 0.500. The quantitative estimate of drug-likeness (QED) is 0.838. The molecule has 6 nitrogen and oxygen atoms in total. The lowest BCUT2D eigenvalue weighted by atomic mass is 9.99. The minimum atomic E-state index is -0.637. The number of halogens is 2. The maximum Gasteiger partial charge on any atom is 0.276 e. The Morgan fingerprint density at radius 3 is 2.77 bits per heavy atom. The lowest BCUT2D eigenvalue weighted by Gasteiger charge is -2.43. The lowest BCUT2D eigenvalue weighted by molar-refractivity contribution is 0.0368. The predicted molar refractivity (Wildman–Crippen MR) is 90.6 cm³/mol. The molecule has 0 aliphatic carbocycles. The molecular formula is C18H21F2N5O. The van der Waals surface area contributed by atoms with E-state index < -0.39 is 11.6 Å². The fourth-order valence-corrected chi connectivity index (χ4v) is 3.82. The molecule has 0 spiro atoms. The second-order valence-corrected chi connectivity index (χ2v) is 6.94. The third-order valence-electron chi connectivity index (χ3n) is 5.26. The van der Waals surface area contributed by atoms with E-state index in [0.717, 1.165) is 19.5 Å². The van der Waals surface area contributed by atoms with Gasteiger partial charge in [0.2, 0.25) is 0 Å². The minimum absolute atomic E-state index is 0.0905. The van der Waals surface area contributed by atoms with Gasteiger partial charge in [-0.15, -0.1) is 5.10 Å². The molecule has 2 saturated heterocycles. The molecule has 0 N–H and O–H groups in total. The molecule has 2 aliphatic rings. The van der Waals surface area contributed by atoms with Crippen LogP contribution in [0.4, 0.5) is 8.78 Å². The van der Waals surface area contributed by atoms with Gasteiger partial charge in [0, 0.05) is 31.2 Å². The number of carbonyl (C=O) groups is 1. The Bertz CT molecular complexity index is 788. The topological polar surface area (TPSA) is 54.3 Å². The number of hydrogen-bond acceptors (Lipinski definition) is 4. The molecule has 4 rings (SSSR count). The van der Waals surface area contributed by atoms with Crippen molar-refractivity contribution in [2.45, 2.75) is 31.8 Å². The third-order valence-corrected chi connectivity index (χ3v) is 5.26. The van der Waals surface area contributed by atoms with Gasteiger partial charge in [0.05, 0.1) is 12.7 Å². The molecule has 3 heterocycles. The summed E-state index contributed by atoms with van der Waals surface area (Å²) >= 11 is 0. The van der Waals surface area contributed by atoms with Crippen LogP contribution in [-0.2, 0) is 6.54 Å². The van der Waals surface area contributed by atoms with E-state index in [2.05, 4.69) is 15.2 Å². The fourth-order valence-electron chi connectivity index (χ4n) is 3.82. The molecule has 0 radical (unpaired) electrons. The molecule has 2 aliphatic heterocycles. The summed E-state index contributed by atoms with van der Waals surface area (Å²) in [6.07, 6.45) is 5.00. The van der Waals surface area contributed by atoms with Crippen molar-refractivity contribution in [3.63, 3.8) is 0 Å². The summed E-state index contributed by atoms with van der Waals surface area (Å²) in [6.45, 7) is 3.26. The van der Waals surface area contributed by atoms with E-state index in [1.807, 2.05) is 4.90 Å². The van der Waals surface area contributed by atoms with Crippen LogP contribution in [-0.4, -0.2) is 62.9 Å². The first kappa shape index (κ1) is 17.1. The molecular weight excluding hydrogens is 340 g/mol. The standard InChI is InChI=1S/C18H21F2N5O/c19-15-5-3-6-16(20)14(15)11-25-12-17(21-22-25)18(26)24-9-8-23-7-2-1-4-13(23)10-24/h3,5-6,12-13H,1-2,4,7-11H2/t13-/m0/s1. The summed E-state index contributed by atoms with van der Waals surface area (Å²) in [6, 6.07) is 4.13. The highest BCUT2D eigenvalue weighted by Crippen LogP contribution is 2.22. The van der Waals surface area contributed by atoms with Crippen molar-refractivity contribution in [2.75, 3.05) is 26.2 Å². The van der Waals surface area contributed by atoms with E-state index in [1.165, 1.54) is 41.9 Å². The molecule has 2 fully saturated rings. The van der Waals surface area contributed by atoms with Gasteiger partial charge in [0.1, 0.15) is 11.6 Å². The number of piperazine rings is 1. The van der Waals surface area contributed by atoms with Crippen molar-refractivity contribution in [1.82, 2.24) is 24.8 Å². The van der Waals surface area contributed by atoms with Crippen molar-refractivity contribution < 1.29 is 13.6 Å². The molecule has 1 atom stereocenters. The number of aromatic nitrogens is 3. The average Bonchev–Trinajstić information content (AvgIpc) is 3.12. The van der Waals surface area contributed by atoms with Crippen LogP contribution in [0.2, 0.25) is 0 Å². The van der Waals surface area contributed by atoms with Crippen LogP contribution < -0.4 is 0 Å². The maximum absolute atomic E-state index is 13.8. The number of fused-ring (bicyclic) bond motifs is 1. The number of piperidine rings is 1. The molecule has 1 aromatic carbocycles. The molecule has 1 amide bonds. The van der Waals surface area contributed by atoms with Crippen LogP contribution in [0.3, 0.4) is 0 Å². The zero-order valence-electron chi connectivity index (χ0n) is 14.4. The molecule has 0 bridgehead atoms. The number of nitrogens with zero attached hydrogens (tertiary/aromatic N) is 5. The Morgan fingerprint density at radius 2 is 1.96 bits per heavy atom. The first-order valence-electron chi connectivity index (χ1n) is 8.98. The number of carbonyl (C=O) groups excluding carboxylic acids is 1. The Morgan fingerprint density at radius 1 is 1.15 bits per heavy atom. The Kier molecular flexibility index (Phi) is 4.67. The molecule has 0 unspecified atom stereocenters. The zero-order valence-corrected chi connectivity index (χ0v) is 14.4. The molecule has 0 saturated carbocycles. The van der Waals surface area contributed by atoms with Crippen LogP contribution in [0.15, 0.2) is 24.4 Å². The van der Waals surface area contributed by atoms with Crippen molar-refractivity contribution in [3.8, 4) is 0 Å². The summed E-state index contributed by atoms with van der Waals surface area (Å²) in [4.78, 5) is 17.0. The number of amides is 1. The minimum Gasteiger partial charge on any atom is -0.334 e. The number of benzene rings is 1. The molecule has 1 aromatic heterocycles. The summed E-state index contributed by atoms with van der Waals surface area (Å²) in [5.74, 6) is -1.45. The van der Waals surface area contributed by atoms with Crippen LogP contribution in [0.5, 0.6) is 0 Å². The highest BCUT2D eigenvalue weighted by atomic mass is 19.1. The van der Waals surface area contributed by atoms with Gasteiger partial charge < -0.3 is 4.90 Å². The van der Waals surface area contributed by atoms with E-state index in [0.29, 0.717) is 19.1 Å². The van der Waals surface area contributed by atoms with Gasteiger partial charge in [0.15, 0.2) is 5.69 Å². The average molecular weight is 361 g/mol. The van der Waals surface area contributed by atoms with E-state index in [9.17, 15) is 13.6 Å². The van der Waals surface area contributed by atoms with Crippen molar-refractivity contribution >= 4 is 5.91 Å². The van der Waals surface area contributed by atoms with Gasteiger partial charge >= 0.3 is 0 Å². The molecule has 2 aromatic rings. The smallest absolute Gasteiger partial charge is 0.276 e. The Hall–Kier alpha value is -2.35. The van der Waals surface area contributed by atoms with Gasteiger partial charge in [-0.1, -0.05) is 17.7 Å². The normalized spacial score (nSPS) is 20.8. The SMILES string of the molecule is O=C(c1cn(Cc2c(F)cccc2F)nn1)N1CCN2CCCC[C@H]2C1. The van der Waals surface area contributed by atoms with Crippen LogP contribution in [0.25, 0.3) is 0 Å². The van der Waals surface area contributed by atoms with E-state index in [-0.39, 0.29) is 23.7 Å². The van der Waals surface area contributed by atoms with Gasteiger partial charge in [-0.3, -0.25) is 9.69 Å². The van der Waals surface area contributed by atoms with Crippen LogP contribution >= 0.6 is 0 Å². The van der Waals surface area contributed by atoms with E-state index in [4.69, 9.17) is 0 Å². The van der Waals surface area contributed by atoms with E-state index in [1.54, 1.807) is 0 Å². The molecule has 138 valence electrons. The van der Waals surface area contributed by atoms with E-state index >= 15 is 0 Å². The highest BCUT2D eigenvalue weighted by molar-refractivity contribution is 5.92.